The molecule has 7 rings (SSSR count). The zero-order valence-electron chi connectivity index (χ0n) is 23.0. The van der Waals surface area contributed by atoms with Gasteiger partial charge in [0.1, 0.15) is 5.82 Å². The lowest BCUT2D eigenvalue weighted by Crippen LogP contribution is -2.51. The Labute approximate surface area is 235 Å². The molecule has 0 spiro atoms. The van der Waals surface area contributed by atoms with E-state index in [1.54, 1.807) is 0 Å². The summed E-state index contributed by atoms with van der Waals surface area (Å²) in [4.78, 5) is 17.3. The van der Waals surface area contributed by atoms with Crippen LogP contribution in [0.4, 0.5) is 11.5 Å². The summed E-state index contributed by atoms with van der Waals surface area (Å²) in [6.45, 7) is 7.62. The van der Waals surface area contributed by atoms with Gasteiger partial charge in [-0.05, 0) is 30.7 Å². The van der Waals surface area contributed by atoms with Crippen LogP contribution in [0.2, 0.25) is 0 Å². The first-order chi connectivity index (χ1) is 19.7. The average Bonchev–Trinajstić information content (AvgIpc) is 3.62. The van der Waals surface area contributed by atoms with E-state index >= 15 is 0 Å². The number of ether oxygens (including phenoxy) is 2. The van der Waals surface area contributed by atoms with Crippen molar-refractivity contribution in [2.75, 3.05) is 62.3 Å². The van der Waals surface area contributed by atoms with Crippen molar-refractivity contribution in [1.82, 2.24) is 20.2 Å². The van der Waals surface area contributed by atoms with Crippen LogP contribution in [0.25, 0.3) is 10.8 Å². The van der Waals surface area contributed by atoms with E-state index in [9.17, 15) is 5.26 Å². The van der Waals surface area contributed by atoms with Gasteiger partial charge >= 0.3 is 6.01 Å². The molecule has 9 nitrogen and oxygen atoms in total. The van der Waals surface area contributed by atoms with Gasteiger partial charge in [0.05, 0.1) is 44.0 Å². The van der Waals surface area contributed by atoms with E-state index in [1.165, 1.54) is 28.4 Å². The van der Waals surface area contributed by atoms with E-state index in [-0.39, 0.29) is 6.04 Å². The van der Waals surface area contributed by atoms with Gasteiger partial charge < -0.3 is 24.6 Å². The van der Waals surface area contributed by atoms with Crippen LogP contribution in [-0.2, 0) is 17.7 Å². The highest BCUT2D eigenvalue weighted by Gasteiger charge is 2.38. The Kier molecular flexibility index (Phi) is 7.14. The van der Waals surface area contributed by atoms with Gasteiger partial charge in [0.25, 0.3) is 0 Å². The van der Waals surface area contributed by atoms with E-state index in [4.69, 9.17) is 19.4 Å². The normalized spacial score (nSPS) is 24.3. The predicted molar refractivity (Wildman–Crippen MR) is 155 cm³/mol. The fraction of sp³-hybridized carbons (Fsp3) is 0.516. The number of anilines is 2. The number of piperazine rings is 1. The summed E-state index contributed by atoms with van der Waals surface area (Å²) in [6, 6.07) is 18.6. The maximum atomic E-state index is 9.29. The summed E-state index contributed by atoms with van der Waals surface area (Å²) in [7, 11) is 0. The molecular formula is C31H37N7O2. The summed E-state index contributed by atoms with van der Waals surface area (Å²) in [5.74, 6) is 0.982. The third kappa shape index (κ3) is 5.07. The quantitative estimate of drug-likeness (QED) is 0.434. The molecule has 0 amide bonds. The number of aromatic nitrogens is 2. The molecule has 1 aromatic heterocycles. The van der Waals surface area contributed by atoms with Crippen LogP contribution in [-0.4, -0.2) is 85.5 Å². The Hall–Kier alpha value is -3.45. The van der Waals surface area contributed by atoms with Crippen LogP contribution in [0.5, 0.6) is 6.01 Å². The van der Waals surface area contributed by atoms with Gasteiger partial charge in [0.15, 0.2) is 0 Å². The van der Waals surface area contributed by atoms with E-state index in [1.807, 2.05) is 0 Å². The number of hydrogen-bond donors (Lipinski definition) is 1. The highest BCUT2D eigenvalue weighted by Crippen LogP contribution is 2.34. The first-order valence-electron chi connectivity index (χ1n) is 14.7. The van der Waals surface area contributed by atoms with E-state index < -0.39 is 0 Å². The van der Waals surface area contributed by atoms with Crippen molar-refractivity contribution in [3.05, 3.63) is 53.7 Å². The van der Waals surface area contributed by atoms with Gasteiger partial charge in [-0.25, -0.2) is 0 Å². The molecular weight excluding hydrogens is 502 g/mol. The maximum Gasteiger partial charge on any atom is 0.318 e. The Morgan fingerprint density at radius 2 is 2.00 bits per heavy atom. The lowest BCUT2D eigenvalue weighted by Gasteiger charge is -2.37. The second-order valence-corrected chi connectivity index (χ2v) is 11.4. The van der Waals surface area contributed by atoms with Crippen LogP contribution < -0.4 is 19.9 Å². The Morgan fingerprint density at radius 1 is 1.07 bits per heavy atom. The minimum atomic E-state index is 0.143. The smallest absolute Gasteiger partial charge is 0.318 e. The zero-order chi connectivity index (χ0) is 26.9. The Balaban J connectivity index is 1.12. The number of hydrogen-bond acceptors (Lipinski definition) is 9. The Morgan fingerprint density at radius 3 is 2.88 bits per heavy atom. The summed E-state index contributed by atoms with van der Waals surface area (Å²) in [5.41, 5.74) is 3.50. The number of nitrogens with zero attached hydrogens (tertiary/aromatic N) is 6. The molecule has 208 valence electrons. The highest BCUT2D eigenvalue weighted by atomic mass is 16.5. The first kappa shape index (κ1) is 25.5. The summed E-state index contributed by atoms with van der Waals surface area (Å²) >= 11 is 0. The molecule has 0 aliphatic carbocycles. The fourth-order valence-electron chi connectivity index (χ4n) is 6.85. The number of rotatable bonds is 8. The standard InChI is InChI=1S/C31H37N7O2/c32-11-9-23-18-38(15-12-33-23)30-27-10-14-37(29-8-3-6-22-5-1-2-7-26(22)29)20-28(27)34-31(35-30)39-16-4-13-36-19-25-17-24(36)21-40-25/h1-3,5-8,23-25,33H,4,9-10,12-21H2/t23?,24-,25-/m0/s1. The van der Waals surface area contributed by atoms with E-state index in [2.05, 4.69) is 68.6 Å². The number of nitrogens with one attached hydrogen (secondary N) is 1. The molecule has 0 saturated carbocycles. The van der Waals surface area contributed by atoms with Crippen LogP contribution in [0, 0.1) is 11.3 Å². The predicted octanol–water partition coefficient (Wildman–Crippen LogP) is 3.13. The molecule has 0 radical (unpaired) electrons. The zero-order valence-corrected chi connectivity index (χ0v) is 23.0. The van der Waals surface area contributed by atoms with Crippen molar-refractivity contribution in [2.45, 2.75) is 50.4 Å². The van der Waals surface area contributed by atoms with Crippen molar-refractivity contribution in [3.8, 4) is 12.1 Å². The largest absolute Gasteiger partial charge is 0.463 e. The topological polar surface area (TPSA) is 89.8 Å². The molecule has 3 fully saturated rings. The van der Waals surface area contributed by atoms with Gasteiger partial charge in [-0.2, -0.15) is 15.2 Å². The van der Waals surface area contributed by atoms with Gasteiger partial charge in [0.2, 0.25) is 0 Å². The molecule has 40 heavy (non-hydrogen) atoms. The minimum Gasteiger partial charge on any atom is -0.463 e. The average molecular weight is 540 g/mol. The lowest BCUT2D eigenvalue weighted by atomic mass is 10.0. The summed E-state index contributed by atoms with van der Waals surface area (Å²) in [5, 5.41) is 15.3. The molecule has 4 aliphatic rings. The maximum absolute atomic E-state index is 9.29. The van der Waals surface area contributed by atoms with Gasteiger partial charge in [-0.15, -0.1) is 0 Å². The van der Waals surface area contributed by atoms with Gasteiger partial charge in [-0.3, -0.25) is 4.90 Å². The second kappa shape index (κ2) is 11.2. The molecule has 2 aromatic carbocycles. The van der Waals surface area contributed by atoms with Crippen molar-refractivity contribution in [2.24, 2.45) is 0 Å². The second-order valence-electron chi connectivity index (χ2n) is 11.4. The Bertz CT molecular complexity index is 1400. The third-order valence-corrected chi connectivity index (χ3v) is 8.86. The van der Waals surface area contributed by atoms with E-state index in [0.717, 1.165) is 76.8 Å². The third-order valence-electron chi connectivity index (χ3n) is 8.86. The highest BCUT2D eigenvalue weighted by molar-refractivity contribution is 5.94. The van der Waals surface area contributed by atoms with Crippen molar-refractivity contribution < 1.29 is 9.47 Å². The fourth-order valence-corrected chi connectivity index (χ4v) is 6.85. The molecule has 5 heterocycles. The molecule has 3 saturated heterocycles. The van der Waals surface area contributed by atoms with Gasteiger partial charge in [-0.1, -0.05) is 36.4 Å². The van der Waals surface area contributed by atoms with Crippen LogP contribution in [0.15, 0.2) is 42.5 Å². The van der Waals surface area contributed by atoms with E-state index in [0.29, 0.717) is 31.2 Å². The van der Waals surface area contributed by atoms with Crippen molar-refractivity contribution in [1.29, 1.82) is 5.26 Å². The molecule has 9 heteroatoms. The number of likely N-dealkylation sites (tertiary alicyclic amines) is 1. The van der Waals surface area contributed by atoms with Gasteiger partial charge in [0, 0.05) is 68.0 Å². The van der Waals surface area contributed by atoms with Crippen LogP contribution in [0.1, 0.15) is 30.5 Å². The first-order valence-corrected chi connectivity index (χ1v) is 14.7. The van der Waals surface area contributed by atoms with Crippen LogP contribution in [0.3, 0.4) is 0 Å². The molecule has 1 unspecified atom stereocenters. The number of fused-ring (bicyclic) bond motifs is 4. The van der Waals surface area contributed by atoms with Crippen molar-refractivity contribution in [3.63, 3.8) is 0 Å². The van der Waals surface area contributed by atoms with Crippen molar-refractivity contribution >= 4 is 22.3 Å². The number of benzene rings is 2. The molecule has 3 aromatic rings. The molecule has 4 aliphatic heterocycles. The monoisotopic (exact) mass is 539 g/mol. The molecule has 2 bridgehead atoms. The minimum absolute atomic E-state index is 0.143. The molecule has 1 N–H and O–H groups in total. The summed E-state index contributed by atoms with van der Waals surface area (Å²) in [6.07, 6.45) is 3.90. The van der Waals surface area contributed by atoms with Crippen LogP contribution >= 0.6 is 0 Å². The lowest BCUT2D eigenvalue weighted by molar-refractivity contribution is 0.0287. The molecule has 3 atom stereocenters. The number of nitriles is 1. The summed E-state index contributed by atoms with van der Waals surface area (Å²) < 4.78 is 12.0. The SMILES string of the molecule is N#CCC1CN(c2nc(OCCCN3C[C@@H]4C[C@H]3CO4)nc3c2CCN(c2cccc4ccccc24)C3)CCN1. The number of morpholine rings is 1.